The molecule has 2 heterocycles. The highest BCUT2D eigenvalue weighted by Crippen LogP contribution is 2.88. The number of hydrogen-bond acceptors (Lipinski definition) is 7. The summed E-state index contributed by atoms with van der Waals surface area (Å²) in [6.45, 7) is 10.7. The second-order valence-electron chi connectivity index (χ2n) is 18.8. The monoisotopic (exact) mass is 732 g/mol. The van der Waals surface area contributed by atoms with E-state index in [0.29, 0.717) is 24.1 Å². The molecule has 4 aliphatic carbocycles. The fourth-order valence-electron chi connectivity index (χ4n) is 11.1. The molecule has 3 N–H and O–H groups in total. The Balaban J connectivity index is 1.28. The molecule has 1 aliphatic heterocycles. The number of pyridine rings is 1. The molecule has 53 heavy (non-hydrogen) atoms. The normalized spacial score (nSPS) is 26.6. The van der Waals surface area contributed by atoms with E-state index in [1.807, 2.05) is 20.8 Å². The minimum atomic E-state index is -1.03. The van der Waals surface area contributed by atoms with Crippen molar-refractivity contribution >= 4 is 35.1 Å². The molecule has 1 aromatic heterocycles. The Bertz CT molecular complexity index is 1630. The van der Waals surface area contributed by atoms with Crippen molar-refractivity contribution in [3.63, 3.8) is 0 Å². The molecule has 3 amide bonds. The van der Waals surface area contributed by atoms with Crippen molar-refractivity contribution in [1.29, 1.82) is 0 Å². The molecule has 11 heteroatoms. The van der Waals surface area contributed by atoms with E-state index in [0.717, 1.165) is 70.6 Å². The molecule has 5 fully saturated rings. The highest BCUT2D eigenvalue weighted by atomic mass is 16.5. The van der Waals surface area contributed by atoms with Crippen LogP contribution >= 0.6 is 0 Å². The van der Waals surface area contributed by atoms with Crippen LogP contribution in [0.25, 0.3) is 0 Å². The van der Waals surface area contributed by atoms with Crippen LogP contribution in [-0.2, 0) is 24.0 Å². The summed E-state index contributed by atoms with van der Waals surface area (Å²) in [6.07, 6.45) is 13.8. The molecule has 1 saturated heterocycles. The minimum Gasteiger partial charge on any atom is -0.619 e. The van der Waals surface area contributed by atoms with Gasteiger partial charge in [0, 0.05) is 42.7 Å². The highest BCUT2D eigenvalue weighted by Gasteiger charge is 2.85. The zero-order valence-corrected chi connectivity index (χ0v) is 32.4. The highest BCUT2D eigenvalue weighted by molar-refractivity contribution is 6.36. The molecule has 0 aromatic carbocycles. The maximum absolute atomic E-state index is 15.1. The van der Waals surface area contributed by atoms with Crippen molar-refractivity contribution in [2.45, 2.75) is 143 Å². The number of nitrogens with two attached hydrogens (primary N) is 1. The van der Waals surface area contributed by atoms with Gasteiger partial charge in [-0.1, -0.05) is 79.6 Å². The SMILES string of the molecule is CC(C)(C)[C@H](CC(=O)[C@@H](NC(=O)c1ccc[n+]([O-])c1)C1CCCCC1)C(=O)N1C[C@]2(C[C@H]1C(=O)CC(CC1CCC1)C(=O)C(N)=O)C(C)(C)C21CCC1. The van der Waals surface area contributed by atoms with E-state index in [1.165, 1.54) is 24.5 Å². The summed E-state index contributed by atoms with van der Waals surface area (Å²) in [7, 11) is 0. The van der Waals surface area contributed by atoms with Gasteiger partial charge >= 0.3 is 0 Å². The Morgan fingerprint density at radius 1 is 0.962 bits per heavy atom. The predicted molar refractivity (Wildman–Crippen MR) is 198 cm³/mol. The summed E-state index contributed by atoms with van der Waals surface area (Å²) in [5.41, 5.74) is 4.69. The van der Waals surface area contributed by atoms with Gasteiger partial charge in [-0.3, -0.25) is 28.8 Å². The Morgan fingerprint density at radius 3 is 2.17 bits per heavy atom. The van der Waals surface area contributed by atoms with Crippen molar-refractivity contribution in [1.82, 2.24) is 10.2 Å². The largest absolute Gasteiger partial charge is 0.619 e. The van der Waals surface area contributed by atoms with Crippen LogP contribution in [0.4, 0.5) is 0 Å². The topological polar surface area (TPSA) is 171 Å². The molecule has 290 valence electrons. The molecule has 5 atom stereocenters. The molecular weight excluding hydrogens is 672 g/mol. The zero-order chi connectivity index (χ0) is 38.5. The molecule has 2 spiro atoms. The van der Waals surface area contributed by atoms with Gasteiger partial charge in [0.05, 0.1) is 12.1 Å². The maximum Gasteiger partial charge on any atom is 0.285 e. The summed E-state index contributed by atoms with van der Waals surface area (Å²) in [5, 5.41) is 14.9. The predicted octanol–water partition coefficient (Wildman–Crippen LogP) is 5.24. The molecule has 0 bridgehead atoms. The number of likely N-dealkylation sites (tertiary alicyclic amines) is 1. The number of aromatic nitrogens is 1. The fourth-order valence-corrected chi connectivity index (χ4v) is 11.1. The van der Waals surface area contributed by atoms with E-state index >= 15 is 4.79 Å². The van der Waals surface area contributed by atoms with Crippen molar-refractivity contribution in [3.05, 3.63) is 35.3 Å². The molecule has 4 saturated carbocycles. The molecular formula is C42H60N4O7. The van der Waals surface area contributed by atoms with Crippen molar-refractivity contribution in [2.24, 2.45) is 51.1 Å². The molecule has 5 aliphatic rings. The first-order chi connectivity index (χ1) is 24.9. The van der Waals surface area contributed by atoms with Gasteiger partial charge in [-0.05, 0) is 72.7 Å². The Hall–Kier alpha value is -3.63. The molecule has 0 radical (unpaired) electrons. The molecule has 1 unspecified atom stereocenters. The number of Topliss-reactive ketones (excluding diaryl/α,β-unsaturated/α-hetero) is 3. The Morgan fingerprint density at radius 2 is 1.64 bits per heavy atom. The summed E-state index contributed by atoms with van der Waals surface area (Å²) in [4.78, 5) is 84.3. The first kappa shape index (κ1) is 39.1. The van der Waals surface area contributed by atoms with Gasteiger partial charge in [-0.2, -0.15) is 4.73 Å². The number of carbonyl (C=O) groups excluding carboxylic acids is 6. The average Bonchev–Trinajstić information content (AvgIpc) is 3.27. The number of carbonyl (C=O) groups is 6. The fraction of sp³-hybridized carbons (Fsp3) is 0.738. The number of fused-ring (bicyclic) bond motifs is 1. The summed E-state index contributed by atoms with van der Waals surface area (Å²) in [6, 6.07) is 1.44. The molecule has 1 aromatic rings. The standard InChI is InChI=1S/C42H60N4O7/c1-39(2,3)30(22-33(48)34(27-14-7-6-8-15-27)44-37(51)28-16-10-19-45(53)24-28)38(52)46-25-42(40(4,5)41(42)17-11-18-41)23-31(46)32(47)21-29(35(49)36(43)50)20-26-12-9-13-26/h10,16,19,24,26-27,29-31,34H,6-9,11-15,17-18,20-23,25H2,1-5H3,(H2,43,50)(H,44,51)/t29?,30-,31+,34+,42-/m1/s1. The number of nitrogens with one attached hydrogen (secondary N) is 1. The van der Waals surface area contributed by atoms with Gasteiger partial charge in [0.15, 0.2) is 24.0 Å². The van der Waals surface area contributed by atoms with Gasteiger partial charge in [0.1, 0.15) is 5.56 Å². The van der Waals surface area contributed by atoms with Crippen molar-refractivity contribution in [2.75, 3.05) is 6.54 Å². The van der Waals surface area contributed by atoms with Gasteiger partial charge in [0.2, 0.25) is 11.7 Å². The van der Waals surface area contributed by atoms with E-state index < -0.39 is 46.9 Å². The van der Waals surface area contributed by atoms with Crippen LogP contribution in [0.5, 0.6) is 0 Å². The van der Waals surface area contributed by atoms with Crippen LogP contribution in [-0.4, -0.2) is 58.6 Å². The van der Waals surface area contributed by atoms with E-state index in [4.69, 9.17) is 5.73 Å². The van der Waals surface area contributed by atoms with E-state index in [-0.39, 0.29) is 64.0 Å². The lowest BCUT2D eigenvalue weighted by molar-refractivity contribution is -0.605. The third-order valence-electron chi connectivity index (χ3n) is 14.9. The maximum atomic E-state index is 15.1. The van der Waals surface area contributed by atoms with Crippen molar-refractivity contribution < 1.29 is 33.5 Å². The second kappa shape index (κ2) is 14.5. The van der Waals surface area contributed by atoms with Crippen LogP contribution in [0.2, 0.25) is 0 Å². The Labute approximate surface area is 314 Å². The average molecular weight is 733 g/mol. The van der Waals surface area contributed by atoms with Crippen LogP contribution in [0, 0.1) is 50.5 Å². The van der Waals surface area contributed by atoms with Gasteiger partial charge in [0.25, 0.3) is 11.8 Å². The Kier molecular flexibility index (Phi) is 10.7. The molecule has 6 rings (SSSR count). The molecule has 11 nitrogen and oxygen atoms in total. The third kappa shape index (κ3) is 7.06. The number of rotatable bonds is 14. The van der Waals surface area contributed by atoms with Crippen LogP contribution < -0.4 is 15.8 Å². The lowest BCUT2D eigenvalue weighted by Gasteiger charge is -2.37. The number of hydrogen-bond donors (Lipinski definition) is 2. The zero-order valence-electron chi connectivity index (χ0n) is 32.4. The van der Waals surface area contributed by atoms with Gasteiger partial charge in [-0.25, -0.2) is 0 Å². The quantitative estimate of drug-likeness (QED) is 0.150. The minimum absolute atomic E-state index is 0.0466. The van der Waals surface area contributed by atoms with Crippen LogP contribution in [0.15, 0.2) is 24.5 Å². The summed E-state index contributed by atoms with van der Waals surface area (Å²) in [5.74, 6) is -4.33. The number of ketones is 3. The third-order valence-corrected chi connectivity index (χ3v) is 14.9. The number of primary amides is 1. The lowest BCUT2D eigenvalue weighted by Crippen LogP contribution is -2.51. The summed E-state index contributed by atoms with van der Waals surface area (Å²) >= 11 is 0. The number of amides is 3. The van der Waals surface area contributed by atoms with Crippen LogP contribution in [0.1, 0.15) is 141 Å². The van der Waals surface area contributed by atoms with E-state index in [1.54, 1.807) is 4.90 Å². The van der Waals surface area contributed by atoms with Gasteiger partial charge < -0.3 is 21.2 Å². The lowest BCUT2D eigenvalue weighted by atomic mass is 9.73. The van der Waals surface area contributed by atoms with Crippen LogP contribution in [0.3, 0.4) is 0 Å². The van der Waals surface area contributed by atoms with E-state index in [2.05, 4.69) is 19.2 Å². The second-order valence-corrected chi connectivity index (χ2v) is 18.8. The first-order valence-corrected chi connectivity index (χ1v) is 20.1. The van der Waals surface area contributed by atoms with Crippen molar-refractivity contribution in [3.8, 4) is 0 Å². The van der Waals surface area contributed by atoms with Gasteiger partial charge in [-0.15, -0.1) is 0 Å². The summed E-state index contributed by atoms with van der Waals surface area (Å²) < 4.78 is 0.551. The number of nitrogens with zero attached hydrogens (tertiary/aromatic N) is 2. The smallest absolute Gasteiger partial charge is 0.285 e. The first-order valence-electron chi connectivity index (χ1n) is 20.1. The van der Waals surface area contributed by atoms with E-state index in [9.17, 15) is 29.2 Å².